The average Bonchev–Trinajstić information content (AvgIpc) is 2.75. The largest absolute Gasteiger partial charge is 0.496 e. The number of ether oxygens (including phenoxy) is 1. The zero-order valence-electron chi connectivity index (χ0n) is 16.1. The topological polar surface area (TPSA) is 50.3 Å². The second-order valence-electron chi connectivity index (χ2n) is 6.99. The number of hydrogen-bond donors (Lipinski definition) is 1. The lowest BCUT2D eigenvalue weighted by atomic mass is 10.0. The second-order valence-corrected chi connectivity index (χ2v) is 6.99. The zero-order chi connectivity index (χ0) is 20.2. The molecule has 2 heterocycles. The van der Waals surface area contributed by atoms with E-state index in [0.29, 0.717) is 22.9 Å². The molecule has 2 aromatic carbocycles. The first-order valence-corrected chi connectivity index (χ1v) is 9.56. The van der Waals surface area contributed by atoms with E-state index in [1.165, 1.54) is 12.1 Å². The fourth-order valence-corrected chi connectivity index (χ4v) is 3.63. The third-order valence-corrected chi connectivity index (χ3v) is 5.12. The van der Waals surface area contributed by atoms with Crippen molar-refractivity contribution in [3.8, 4) is 16.9 Å². The van der Waals surface area contributed by atoms with Gasteiger partial charge in [0.2, 0.25) is 5.95 Å². The van der Waals surface area contributed by atoms with Crippen LogP contribution >= 0.6 is 0 Å². The minimum absolute atomic E-state index is 0.311. The number of rotatable bonds is 5. The number of methoxy groups -OCH3 is 1. The first-order chi connectivity index (χ1) is 14.1. The lowest BCUT2D eigenvalue weighted by Crippen LogP contribution is -2.39. The molecule has 1 aliphatic heterocycles. The zero-order valence-corrected chi connectivity index (χ0v) is 16.1. The summed E-state index contributed by atoms with van der Waals surface area (Å²) in [7, 11) is 1.54. The number of hydrogen-bond acceptors (Lipinski definition) is 5. The maximum absolute atomic E-state index is 14.2. The minimum atomic E-state index is -0.612. The van der Waals surface area contributed by atoms with Crippen molar-refractivity contribution in [2.45, 2.75) is 18.9 Å². The first kappa shape index (κ1) is 19.1. The highest BCUT2D eigenvalue weighted by atomic mass is 19.1. The van der Waals surface area contributed by atoms with Crippen LogP contribution in [0.15, 0.2) is 54.9 Å². The van der Waals surface area contributed by atoms with E-state index in [2.05, 4.69) is 20.2 Å². The molecule has 0 unspecified atom stereocenters. The molecule has 0 spiro atoms. The number of piperidine rings is 1. The predicted molar refractivity (Wildman–Crippen MR) is 109 cm³/mol. The number of nitrogens with zero attached hydrogens (tertiary/aromatic N) is 3. The van der Waals surface area contributed by atoms with Crippen LogP contribution in [0, 0.1) is 11.6 Å². The Morgan fingerprint density at radius 1 is 1.00 bits per heavy atom. The molecular weight excluding hydrogens is 374 g/mol. The molecule has 0 amide bonds. The molecular formula is C22H22F2N4O. The Balaban J connectivity index is 1.45. The molecule has 0 atom stereocenters. The van der Waals surface area contributed by atoms with Gasteiger partial charge in [0.15, 0.2) is 0 Å². The standard InChI is InChI=1S/C22H22F2N4O/c1-29-21-14-17(4-6-19(21)18-5-3-15(23)13-20(18)24)27-16-7-11-28(12-8-16)22-25-9-2-10-26-22/h2-6,9-10,13-14,16,27H,7-8,11-12H2,1H3. The third-order valence-electron chi connectivity index (χ3n) is 5.12. The Bertz CT molecular complexity index is 976. The molecule has 150 valence electrons. The Hall–Kier alpha value is -3.22. The van der Waals surface area contributed by atoms with Gasteiger partial charge in [-0.05, 0) is 43.2 Å². The minimum Gasteiger partial charge on any atom is -0.496 e. The van der Waals surface area contributed by atoms with Gasteiger partial charge in [0.1, 0.15) is 17.4 Å². The van der Waals surface area contributed by atoms with Crippen molar-refractivity contribution in [3.63, 3.8) is 0 Å². The predicted octanol–water partition coefficient (Wildman–Crippen LogP) is 4.51. The molecule has 29 heavy (non-hydrogen) atoms. The fourth-order valence-electron chi connectivity index (χ4n) is 3.63. The molecule has 3 aromatic rings. The summed E-state index contributed by atoms with van der Waals surface area (Å²) in [6, 6.07) is 11.2. The molecule has 1 N–H and O–H groups in total. The molecule has 4 rings (SSSR count). The lowest BCUT2D eigenvalue weighted by Gasteiger charge is -2.32. The van der Waals surface area contributed by atoms with Crippen LogP contribution in [0.3, 0.4) is 0 Å². The normalized spacial score (nSPS) is 14.7. The van der Waals surface area contributed by atoms with Crippen molar-refractivity contribution in [2.24, 2.45) is 0 Å². The van der Waals surface area contributed by atoms with Crippen molar-refractivity contribution >= 4 is 11.6 Å². The summed E-state index contributed by atoms with van der Waals surface area (Å²) < 4.78 is 32.9. The smallest absolute Gasteiger partial charge is 0.225 e. The maximum Gasteiger partial charge on any atom is 0.225 e. The Labute approximate surface area is 168 Å². The van der Waals surface area contributed by atoms with Crippen LogP contribution in [-0.2, 0) is 0 Å². The van der Waals surface area contributed by atoms with Crippen LogP contribution in [-0.4, -0.2) is 36.2 Å². The van der Waals surface area contributed by atoms with E-state index in [4.69, 9.17) is 4.74 Å². The number of aromatic nitrogens is 2. The number of nitrogens with one attached hydrogen (secondary N) is 1. The van der Waals surface area contributed by atoms with Gasteiger partial charge in [-0.1, -0.05) is 0 Å². The molecule has 0 bridgehead atoms. The van der Waals surface area contributed by atoms with E-state index in [0.717, 1.165) is 43.6 Å². The van der Waals surface area contributed by atoms with E-state index in [9.17, 15) is 8.78 Å². The summed E-state index contributed by atoms with van der Waals surface area (Å²) in [6.45, 7) is 1.75. The molecule has 1 fully saturated rings. The highest BCUT2D eigenvalue weighted by molar-refractivity contribution is 5.74. The number of benzene rings is 2. The fraction of sp³-hybridized carbons (Fsp3) is 0.273. The van der Waals surface area contributed by atoms with Gasteiger partial charge in [0, 0.05) is 60.5 Å². The SMILES string of the molecule is COc1cc(NC2CCN(c3ncccn3)CC2)ccc1-c1ccc(F)cc1F. The number of halogens is 2. The second kappa shape index (κ2) is 8.43. The van der Waals surface area contributed by atoms with Gasteiger partial charge >= 0.3 is 0 Å². The summed E-state index contributed by atoms with van der Waals surface area (Å²) in [6.07, 6.45) is 5.42. The summed E-state index contributed by atoms with van der Waals surface area (Å²) in [5.41, 5.74) is 1.81. The summed E-state index contributed by atoms with van der Waals surface area (Å²) in [5, 5.41) is 3.53. The van der Waals surface area contributed by atoms with Crippen molar-refractivity contribution in [3.05, 3.63) is 66.5 Å². The van der Waals surface area contributed by atoms with Crippen molar-refractivity contribution in [1.29, 1.82) is 0 Å². The van der Waals surface area contributed by atoms with Crippen LogP contribution in [0.1, 0.15) is 12.8 Å². The molecule has 1 saturated heterocycles. The Morgan fingerprint density at radius 3 is 2.41 bits per heavy atom. The molecule has 1 aliphatic rings. The summed E-state index contributed by atoms with van der Waals surface area (Å²) in [4.78, 5) is 10.8. The van der Waals surface area contributed by atoms with Gasteiger partial charge in [0.05, 0.1) is 7.11 Å². The van der Waals surface area contributed by atoms with Crippen LogP contribution < -0.4 is 15.0 Å². The average molecular weight is 396 g/mol. The molecule has 0 radical (unpaired) electrons. The first-order valence-electron chi connectivity index (χ1n) is 9.56. The van der Waals surface area contributed by atoms with E-state index in [-0.39, 0.29) is 0 Å². The Morgan fingerprint density at radius 2 is 1.72 bits per heavy atom. The molecule has 7 heteroatoms. The quantitative estimate of drug-likeness (QED) is 0.688. The maximum atomic E-state index is 14.2. The molecule has 5 nitrogen and oxygen atoms in total. The molecule has 0 saturated carbocycles. The van der Waals surface area contributed by atoms with Gasteiger partial charge in [-0.2, -0.15) is 0 Å². The molecule has 0 aliphatic carbocycles. The summed E-state index contributed by atoms with van der Waals surface area (Å²) >= 11 is 0. The van der Waals surface area contributed by atoms with Crippen molar-refractivity contribution in [2.75, 3.05) is 30.4 Å². The van der Waals surface area contributed by atoms with E-state index in [1.807, 2.05) is 18.2 Å². The number of anilines is 2. The van der Waals surface area contributed by atoms with Crippen LogP contribution in [0.4, 0.5) is 20.4 Å². The van der Waals surface area contributed by atoms with E-state index < -0.39 is 11.6 Å². The molecule has 1 aromatic heterocycles. The highest BCUT2D eigenvalue weighted by Crippen LogP contribution is 2.34. The van der Waals surface area contributed by atoms with Gasteiger partial charge < -0.3 is 15.0 Å². The van der Waals surface area contributed by atoms with Crippen LogP contribution in [0.25, 0.3) is 11.1 Å². The van der Waals surface area contributed by atoms with Crippen molar-refractivity contribution < 1.29 is 13.5 Å². The third kappa shape index (κ3) is 4.29. The van der Waals surface area contributed by atoms with Gasteiger partial charge in [-0.15, -0.1) is 0 Å². The van der Waals surface area contributed by atoms with Gasteiger partial charge in [0.25, 0.3) is 0 Å². The van der Waals surface area contributed by atoms with Gasteiger partial charge in [-0.25, -0.2) is 18.7 Å². The summed E-state index contributed by atoms with van der Waals surface area (Å²) in [5.74, 6) is 0.0872. The van der Waals surface area contributed by atoms with E-state index >= 15 is 0 Å². The van der Waals surface area contributed by atoms with Gasteiger partial charge in [-0.3, -0.25) is 0 Å². The van der Waals surface area contributed by atoms with Crippen LogP contribution in [0.5, 0.6) is 5.75 Å². The lowest BCUT2D eigenvalue weighted by molar-refractivity contribution is 0.416. The van der Waals surface area contributed by atoms with Crippen LogP contribution in [0.2, 0.25) is 0 Å². The van der Waals surface area contributed by atoms with Crippen molar-refractivity contribution in [1.82, 2.24) is 9.97 Å². The van der Waals surface area contributed by atoms with E-state index in [1.54, 1.807) is 25.6 Å². The Kier molecular flexibility index (Phi) is 5.55. The highest BCUT2D eigenvalue weighted by Gasteiger charge is 2.21. The monoisotopic (exact) mass is 396 g/mol.